The molecule has 1 aromatic carbocycles. The van der Waals surface area contributed by atoms with Crippen molar-refractivity contribution in [2.45, 2.75) is 45.4 Å². The summed E-state index contributed by atoms with van der Waals surface area (Å²) in [5.41, 5.74) is 2.34. The van der Waals surface area contributed by atoms with Crippen LogP contribution in [0.2, 0.25) is 0 Å². The Hall–Kier alpha value is -1.61. The van der Waals surface area contributed by atoms with E-state index in [0.717, 1.165) is 11.1 Å². The van der Waals surface area contributed by atoms with Gasteiger partial charge in [-0.3, -0.25) is 9.78 Å². The maximum atomic E-state index is 12.7. The lowest BCUT2D eigenvalue weighted by atomic mass is 10.0. The zero-order valence-corrected chi connectivity index (χ0v) is 17.4. The van der Waals surface area contributed by atoms with Crippen LogP contribution in [0.5, 0.6) is 0 Å². The molecule has 1 aliphatic heterocycles. The first-order valence-electron chi connectivity index (χ1n) is 9.22. The number of rotatable bonds is 4. The topological polar surface area (TPSA) is 93.3 Å². The van der Waals surface area contributed by atoms with Crippen LogP contribution < -0.4 is 15.2 Å². The Balaban J connectivity index is 2.05. The van der Waals surface area contributed by atoms with Crippen LogP contribution in [0.3, 0.4) is 0 Å². The van der Waals surface area contributed by atoms with Crippen LogP contribution in [0.4, 0.5) is 5.95 Å². The monoisotopic (exact) mass is 392 g/mol. The van der Waals surface area contributed by atoms with Gasteiger partial charge in [-0.2, -0.15) is 0 Å². The molecule has 0 aliphatic carbocycles. The van der Waals surface area contributed by atoms with E-state index in [4.69, 9.17) is 9.72 Å². The van der Waals surface area contributed by atoms with Gasteiger partial charge >= 0.3 is 0 Å². The summed E-state index contributed by atoms with van der Waals surface area (Å²) >= 11 is -1.22. The maximum Gasteiger partial charge on any atom is 0.260 e. The fraction of sp³-hybridized carbons (Fsp3) is 0.579. The summed E-state index contributed by atoms with van der Waals surface area (Å²) in [6.45, 7) is 12.3. The number of hydrogen-bond acceptors (Lipinski definition) is 6. The predicted octanol–water partition coefficient (Wildman–Crippen LogP) is 2.18. The summed E-state index contributed by atoms with van der Waals surface area (Å²) in [6, 6.07) is 3.65. The van der Waals surface area contributed by atoms with E-state index in [-0.39, 0.29) is 16.3 Å². The number of aromatic nitrogens is 2. The fourth-order valence-corrected chi connectivity index (χ4v) is 3.86. The number of aromatic amines is 1. The minimum atomic E-state index is -1.22. The normalized spacial score (nSPS) is 17.9. The van der Waals surface area contributed by atoms with Crippen LogP contribution in [0.1, 0.15) is 44.9 Å². The van der Waals surface area contributed by atoms with Gasteiger partial charge in [0.15, 0.2) is 0 Å². The molecule has 2 N–H and O–H groups in total. The summed E-state index contributed by atoms with van der Waals surface area (Å²) in [5.74, 6) is 0.560. The minimum Gasteiger partial charge on any atom is -0.598 e. The van der Waals surface area contributed by atoms with Crippen molar-refractivity contribution < 1.29 is 9.29 Å². The zero-order chi connectivity index (χ0) is 19.8. The largest absolute Gasteiger partial charge is 0.598 e. The molecule has 3 rings (SSSR count). The van der Waals surface area contributed by atoms with Crippen molar-refractivity contribution in [3.8, 4) is 0 Å². The third-order valence-corrected chi connectivity index (χ3v) is 6.27. The molecule has 1 fully saturated rings. The summed E-state index contributed by atoms with van der Waals surface area (Å²) in [5, 5.41) is 0.553. The van der Waals surface area contributed by atoms with Crippen LogP contribution in [-0.4, -0.2) is 45.6 Å². The smallest absolute Gasteiger partial charge is 0.260 e. The lowest BCUT2D eigenvalue weighted by Gasteiger charge is -2.28. The van der Waals surface area contributed by atoms with Crippen LogP contribution >= 0.6 is 0 Å². The highest BCUT2D eigenvalue weighted by Gasteiger charge is 2.29. The highest BCUT2D eigenvalue weighted by Crippen LogP contribution is 2.26. The van der Waals surface area contributed by atoms with Gasteiger partial charge in [-0.1, -0.05) is 6.07 Å². The molecule has 8 heteroatoms. The van der Waals surface area contributed by atoms with Gasteiger partial charge in [0.1, 0.15) is 4.75 Å². The standard InChI is InChI=1S/C19H28N4O3S/c1-12-10-14(13(2)22-27(25)19(3,4)5)16-15(11-12)17(24)21-18(20-16)23-6-8-26-9-7-23/h10-11,13,22H,6-9H2,1-5H3,(H,20,21,24)/t13-,27-/m1/s1. The van der Waals surface area contributed by atoms with E-state index in [0.29, 0.717) is 43.2 Å². The summed E-state index contributed by atoms with van der Waals surface area (Å²) < 4.78 is 20.7. The molecule has 148 valence electrons. The van der Waals surface area contributed by atoms with E-state index in [2.05, 4.69) is 9.71 Å². The second-order valence-electron chi connectivity index (χ2n) is 7.96. The van der Waals surface area contributed by atoms with Gasteiger partial charge in [0.25, 0.3) is 5.56 Å². The van der Waals surface area contributed by atoms with Crippen molar-refractivity contribution in [1.82, 2.24) is 14.7 Å². The number of H-pyrrole nitrogens is 1. The zero-order valence-electron chi connectivity index (χ0n) is 16.6. The highest BCUT2D eigenvalue weighted by atomic mass is 32.2. The lowest BCUT2D eigenvalue weighted by molar-refractivity contribution is 0.122. The second-order valence-corrected chi connectivity index (χ2v) is 9.96. The first kappa shape index (κ1) is 20.1. The van der Waals surface area contributed by atoms with Crippen molar-refractivity contribution in [3.05, 3.63) is 33.6 Å². The molecule has 2 aromatic rings. The number of nitrogens with one attached hydrogen (secondary N) is 2. The molecular formula is C19H28N4O3S. The Morgan fingerprint density at radius 3 is 2.63 bits per heavy atom. The van der Waals surface area contributed by atoms with Crippen molar-refractivity contribution in [3.63, 3.8) is 0 Å². The summed E-state index contributed by atoms with van der Waals surface area (Å²) in [6.07, 6.45) is 0. The number of aryl methyl sites for hydroxylation is 1. The lowest BCUT2D eigenvalue weighted by Crippen LogP contribution is -2.40. The quantitative estimate of drug-likeness (QED) is 0.775. The molecule has 1 aliphatic rings. The second kappa shape index (κ2) is 7.79. The summed E-state index contributed by atoms with van der Waals surface area (Å²) in [7, 11) is 0. The Labute approximate surface area is 162 Å². The van der Waals surface area contributed by atoms with Crippen molar-refractivity contribution in [1.29, 1.82) is 0 Å². The van der Waals surface area contributed by atoms with E-state index in [1.165, 1.54) is 0 Å². The van der Waals surface area contributed by atoms with Crippen molar-refractivity contribution in [2.24, 2.45) is 0 Å². The molecule has 2 heterocycles. The average molecular weight is 393 g/mol. The fourth-order valence-electron chi connectivity index (χ4n) is 3.06. The number of anilines is 1. The van der Waals surface area contributed by atoms with E-state index < -0.39 is 11.4 Å². The van der Waals surface area contributed by atoms with Crippen molar-refractivity contribution >= 4 is 28.2 Å². The first-order chi connectivity index (χ1) is 12.7. The molecule has 0 spiro atoms. The molecular weight excluding hydrogens is 364 g/mol. The molecule has 0 bridgehead atoms. The Morgan fingerprint density at radius 1 is 1.33 bits per heavy atom. The Kier molecular flexibility index (Phi) is 5.81. The highest BCUT2D eigenvalue weighted by molar-refractivity contribution is 7.90. The number of hydrogen-bond donors (Lipinski definition) is 2. The molecule has 27 heavy (non-hydrogen) atoms. The van der Waals surface area contributed by atoms with E-state index in [1.54, 1.807) is 0 Å². The Bertz CT molecular complexity index is 872. The summed E-state index contributed by atoms with van der Waals surface area (Å²) in [4.78, 5) is 22.4. The van der Waals surface area contributed by atoms with Gasteiger partial charge in [0, 0.05) is 30.0 Å². The number of benzene rings is 1. The van der Waals surface area contributed by atoms with Crippen molar-refractivity contribution in [2.75, 3.05) is 31.2 Å². The molecule has 1 saturated heterocycles. The van der Waals surface area contributed by atoms with E-state index in [9.17, 15) is 9.35 Å². The van der Waals surface area contributed by atoms with Gasteiger partial charge in [0.05, 0.1) is 30.2 Å². The average Bonchev–Trinajstić information content (AvgIpc) is 2.61. The van der Waals surface area contributed by atoms with Crippen LogP contribution in [0.15, 0.2) is 16.9 Å². The van der Waals surface area contributed by atoms with Gasteiger partial charge in [-0.05, 0) is 46.2 Å². The molecule has 1 aromatic heterocycles. The molecule has 0 unspecified atom stereocenters. The maximum absolute atomic E-state index is 12.7. The third kappa shape index (κ3) is 4.45. The van der Waals surface area contributed by atoms with Crippen LogP contribution in [0.25, 0.3) is 10.9 Å². The number of ether oxygens (including phenoxy) is 1. The Morgan fingerprint density at radius 2 is 2.00 bits per heavy atom. The molecule has 7 nitrogen and oxygen atoms in total. The number of nitrogens with zero attached hydrogens (tertiary/aromatic N) is 2. The van der Waals surface area contributed by atoms with Gasteiger partial charge in [-0.25, -0.2) is 4.98 Å². The SMILES string of the molecule is Cc1cc([C@@H](C)N[S@+]([O-])C(C)(C)C)c2nc(N3CCOCC3)[nH]c(=O)c2c1. The van der Waals surface area contributed by atoms with Gasteiger partial charge in [-0.15, -0.1) is 4.72 Å². The van der Waals surface area contributed by atoms with E-state index >= 15 is 0 Å². The van der Waals surface area contributed by atoms with Crippen LogP contribution in [0, 0.1) is 6.92 Å². The molecule has 0 radical (unpaired) electrons. The number of morpholine rings is 1. The van der Waals surface area contributed by atoms with Crippen LogP contribution in [-0.2, 0) is 16.1 Å². The molecule has 0 saturated carbocycles. The molecule has 2 atom stereocenters. The minimum absolute atomic E-state index is 0.157. The van der Waals surface area contributed by atoms with Gasteiger partial charge in [0.2, 0.25) is 5.95 Å². The first-order valence-corrected chi connectivity index (χ1v) is 10.4. The number of fused-ring (bicyclic) bond motifs is 1. The molecule has 0 amide bonds. The van der Waals surface area contributed by atoms with E-state index in [1.807, 2.05) is 51.7 Å². The van der Waals surface area contributed by atoms with Gasteiger partial charge < -0.3 is 14.2 Å². The predicted molar refractivity (Wildman–Crippen MR) is 110 cm³/mol. The third-order valence-electron chi connectivity index (χ3n) is 4.59.